The van der Waals surface area contributed by atoms with E-state index in [4.69, 9.17) is 0 Å². The number of nitrogens with zero attached hydrogens (tertiary/aromatic N) is 2. The summed E-state index contributed by atoms with van der Waals surface area (Å²) in [6.07, 6.45) is 2.50. The van der Waals surface area contributed by atoms with Crippen molar-refractivity contribution < 1.29 is 9.18 Å². The van der Waals surface area contributed by atoms with Gasteiger partial charge in [-0.15, -0.1) is 5.10 Å². The van der Waals surface area contributed by atoms with Gasteiger partial charge >= 0.3 is 0 Å². The molecule has 0 saturated heterocycles. The smallest absolute Gasteiger partial charge is 0.230 e. The maximum atomic E-state index is 13.4. The summed E-state index contributed by atoms with van der Waals surface area (Å²) in [6, 6.07) is 4.72. The second-order valence-corrected chi connectivity index (χ2v) is 6.38. The lowest BCUT2D eigenvalue weighted by Crippen LogP contribution is -2.33. The highest BCUT2D eigenvalue weighted by Crippen LogP contribution is 2.30. The van der Waals surface area contributed by atoms with E-state index in [-0.39, 0.29) is 23.5 Å². The Labute approximate surface area is 137 Å². The Balaban J connectivity index is 1.87. The summed E-state index contributed by atoms with van der Waals surface area (Å²) in [5, 5.41) is 13.2. The van der Waals surface area contributed by atoms with Gasteiger partial charge < -0.3 is 10.3 Å². The Bertz CT molecular complexity index is 864. The van der Waals surface area contributed by atoms with Crippen LogP contribution >= 0.6 is 11.8 Å². The van der Waals surface area contributed by atoms with Gasteiger partial charge in [0, 0.05) is 22.3 Å². The molecule has 2 heterocycles. The van der Waals surface area contributed by atoms with E-state index in [1.807, 2.05) is 13.8 Å². The second kappa shape index (κ2) is 6.54. The molecule has 2 N–H and O–H groups in total. The maximum absolute atomic E-state index is 13.4. The van der Waals surface area contributed by atoms with Crippen molar-refractivity contribution in [3.05, 3.63) is 30.2 Å². The zero-order valence-corrected chi connectivity index (χ0v) is 13.7. The molecule has 0 aliphatic rings. The topological polar surface area (TPSA) is 70.7 Å². The van der Waals surface area contributed by atoms with E-state index >= 15 is 0 Å². The fraction of sp³-hybridized carbons (Fsp3) is 0.312. The van der Waals surface area contributed by atoms with Crippen LogP contribution in [0.25, 0.3) is 21.8 Å². The molecular weight excluding hydrogens is 315 g/mol. The van der Waals surface area contributed by atoms with Crippen molar-refractivity contribution >= 4 is 39.5 Å². The number of fused-ring (bicyclic) bond motifs is 3. The van der Waals surface area contributed by atoms with Crippen molar-refractivity contribution in [2.75, 3.05) is 5.75 Å². The number of halogens is 1. The Morgan fingerprint density at radius 2 is 2.26 bits per heavy atom. The molecule has 120 valence electrons. The van der Waals surface area contributed by atoms with E-state index in [9.17, 15) is 9.18 Å². The van der Waals surface area contributed by atoms with Crippen LogP contribution in [0.15, 0.2) is 29.4 Å². The Morgan fingerprint density at radius 3 is 3.04 bits per heavy atom. The number of rotatable bonds is 5. The number of hydrogen-bond donors (Lipinski definition) is 2. The van der Waals surface area contributed by atoms with Gasteiger partial charge in [-0.2, -0.15) is 5.10 Å². The summed E-state index contributed by atoms with van der Waals surface area (Å²) >= 11 is 1.32. The van der Waals surface area contributed by atoms with Gasteiger partial charge in [0.15, 0.2) is 0 Å². The normalized spacial score (nSPS) is 12.7. The number of nitrogens with one attached hydrogen (secondary N) is 2. The molecule has 0 radical (unpaired) electrons. The standard InChI is InChI=1S/C16H17FN4OS/c1-3-9(2)19-14(22)8-23-16-15-12(7-18-21-16)11-6-10(17)4-5-13(11)20-15/h4-7,9,20H,3,8H2,1-2H3,(H,19,22)/t9-/m1/s1. The monoisotopic (exact) mass is 332 g/mol. The first-order chi connectivity index (χ1) is 11.1. The summed E-state index contributed by atoms with van der Waals surface area (Å²) in [6.45, 7) is 3.99. The van der Waals surface area contributed by atoms with E-state index in [0.717, 1.165) is 28.2 Å². The molecule has 0 unspecified atom stereocenters. The number of H-pyrrole nitrogens is 1. The van der Waals surface area contributed by atoms with Gasteiger partial charge in [-0.05, 0) is 31.5 Å². The average molecular weight is 332 g/mol. The van der Waals surface area contributed by atoms with Crippen LogP contribution in [-0.2, 0) is 4.79 Å². The van der Waals surface area contributed by atoms with E-state index in [1.165, 1.54) is 23.9 Å². The van der Waals surface area contributed by atoms with Crippen molar-refractivity contribution in [2.24, 2.45) is 0 Å². The molecule has 1 amide bonds. The minimum atomic E-state index is -0.294. The lowest BCUT2D eigenvalue weighted by Gasteiger charge is -2.10. The first-order valence-electron chi connectivity index (χ1n) is 7.43. The molecule has 2 aromatic heterocycles. The molecule has 3 rings (SSSR count). The van der Waals surface area contributed by atoms with E-state index in [1.54, 1.807) is 12.3 Å². The number of benzene rings is 1. The number of carbonyl (C=O) groups is 1. The molecule has 23 heavy (non-hydrogen) atoms. The first-order valence-corrected chi connectivity index (χ1v) is 8.41. The number of aromatic nitrogens is 3. The number of amides is 1. The summed E-state index contributed by atoms with van der Waals surface area (Å²) in [7, 11) is 0. The van der Waals surface area contributed by atoms with Crippen LogP contribution in [-0.4, -0.2) is 32.9 Å². The molecule has 1 atom stereocenters. The fourth-order valence-corrected chi connectivity index (χ4v) is 3.09. The molecule has 0 spiro atoms. The molecule has 0 aliphatic heterocycles. The summed E-state index contributed by atoms with van der Waals surface area (Å²) < 4.78 is 13.4. The fourth-order valence-electron chi connectivity index (χ4n) is 2.33. The molecule has 0 fully saturated rings. The van der Waals surface area contributed by atoms with Crippen LogP contribution in [0.5, 0.6) is 0 Å². The Kier molecular flexibility index (Phi) is 4.47. The number of aromatic amines is 1. The van der Waals surface area contributed by atoms with Crippen molar-refractivity contribution in [1.82, 2.24) is 20.5 Å². The molecule has 0 saturated carbocycles. The highest BCUT2D eigenvalue weighted by atomic mass is 32.2. The average Bonchev–Trinajstić information content (AvgIpc) is 2.91. The van der Waals surface area contributed by atoms with Crippen molar-refractivity contribution in [1.29, 1.82) is 0 Å². The van der Waals surface area contributed by atoms with Crippen LogP contribution in [0.1, 0.15) is 20.3 Å². The van der Waals surface area contributed by atoms with Gasteiger partial charge in [-0.3, -0.25) is 4.79 Å². The lowest BCUT2D eigenvalue weighted by atomic mass is 10.2. The maximum Gasteiger partial charge on any atom is 0.230 e. The predicted octanol–water partition coefficient (Wildman–Crippen LogP) is 3.26. The Hall–Kier alpha value is -2.15. The van der Waals surface area contributed by atoms with Crippen LogP contribution < -0.4 is 5.32 Å². The summed E-state index contributed by atoms with van der Waals surface area (Å²) in [4.78, 5) is 15.1. The number of hydrogen-bond acceptors (Lipinski definition) is 4. The highest BCUT2D eigenvalue weighted by molar-refractivity contribution is 8.00. The molecule has 1 aromatic carbocycles. The molecule has 7 heteroatoms. The quantitative estimate of drug-likeness (QED) is 0.704. The zero-order valence-electron chi connectivity index (χ0n) is 12.9. The van der Waals surface area contributed by atoms with Crippen LogP contribution in [0.4, 0.5) is 4.39 Å². The van der Waals surface area contributed by atoms with E-state index in [0.29, 0.717) is 5.03 Å². The van der Waals surface area contributed by atoms with Crippen molar-refractivity contribution in [3.8, 4) is 0 Å². The summed E-state index contributed by atoms with van der Waals surface area (Å²) in [5.74, 6) is -0.0651. The molecular formula is C16H17FN4OS. The van der Waals surface area contributed by atoms with Gasteiger partial charge in [-0.1, -0.05) is 18.7 Å². The van der Waals surface area contributed by atoms with Crippen LogP contribution in [0, 0.1) is 5.82 Å². The predicted molar refractivity (Wildman–Crippen MR) is 90.0 cm³/mol. The van der Waals surface area contributed by atoms with E-state index < -0.39 is 0 Å². The minimum absolute atomic E-state index is 0.0368. The minimum Gasteiger partial charge on any atom is -0.353 e. The third-order valence-electron chi connectivity index (χ3n) is 3.71. The first kappa shape index (κ1) is 15.7. The van der Waals surface area contributed by atoms with Gasteiger partial charge in [0.2, 0.25) is 5.91 Å². The van der Waals surface area contributed by atoms with Gasteiger partial charge in [0.25, 0.3) is 0 Å². The van der Waals surface area contributed by atoms with Crippen molar-refractivity contribution in [2.45, 2.75) is 31.3 Å². The third kappa shape index (κ3) is 3.29. The SMILES string of the molecule is CC[C@@H](C)NC(=O)CSc1nncc2c1[nH]c1ccc(F)cc12. The third-order valence-corrected chi connectivity index (χ3v) is 4.68. The molecule has 3 aromatic rings. The van der Waals surface area contributed by atoms with Gasteiger partial charge in [0.05, 0.1) is 17.5 Å². The summed E-state index contributed by atoms with van der Waals surface area (Å²) in [5.41, 5.74) is 1.60. The van der Waals surface area contributed by atoms with Gasteiger partial charge in [0.1, 0.15) is 10.8 Å². The Morgan fingerprint density at radius 1 is 1.43 bits per heavy atom. The highest BCUT2D eigenvalue weighted by Gasteiger charge is 2.13. The van der Waals surface area contributed by atoms with Crippen LogP contribution in [0.3, 0.4) is 0 Å². The van der Waals surface area contributed by atoms with Crippen LogP contribution in [0.2, 0.25) is 0 Å². The molecule has 5 nitrogen and oxygen atoms in total. The largest absolute Gasteiger partial charge is 0.353 e. The van der Waals surface area contributed by atoms with Gasteiger partial charge in [-0.25, -0.2) is 4.39 Å². The number of carbonyl (C=O) groups excluding carboxylic acids is 1. The van der Waals surface area contributed by atoms with E-state index in [2.05, 4.69) is 20.5 Å². The lowest BCUT2D eigenvalue weighted by molar-refractivity contribution is -0.119. The van der Waals surface area contributed by atoms with Crippen molar-refractivity contribution in [3.63, 3.8) is 0 Å². The zero-order chi connectivity index (χ0) is 16.4. The molecule has 0 aliphatic carbocycles. The second-order valence-electron chi connectivity index (χ2n) is 5.42. The molecule has 0 bridgehead atoms. The number of thioether (sulfide) groups is 1.